The second-order valence-corrected chi connectivity index (χ2v) is 3.38. The molecule has 0 atom stereocenters. The summed E-state index contributed by atoms with van der Waals surface area (Å²) in [5, 5.41) is 3.78. The van der Waals surface area contributed by atoms with Crippen LogP contribution in [0.4, 0.5) is 17.2 Å². The van der Waals surface area contributed by atoms with Gasteiger partial charge in [-0.2, -0.15) is 0 Å². The van der Waals surface area contributed by atoms with Gasteiger partial charge in [0.2, 0.25) is 0 Å². The number of aromatic amines is 1. The number of rotatable bonds is 2. The molecule has 1 aromatic heterocycles. The number of hydrogen-bond acceptors (Lipinski definition) is 2. The van der Waals surface area contributed by atoms with Gasteiger partial charge in [-0.05, 0) is 30.3 Å². The van der Waals surface area contributed by atoms with E-state index >= 15 is 0 Å². The molecule has 0 aliphatic rings. The van der Waals surface area contributed by atoms with Gasteiger partial charge in [0.15, 0.2) is 0 Å². The fraction of sp³-hybridized carbons (Fsp3) is 0. The Morgan fingerprint density at radius 1 is 1.29 bits per heavy atom. The summed E-state index contributed by atoms with van der Waals surface area (Å²) in [4.78, 5) is 3.03. The normalized spacial score (nSPS) is 10.1. The lowest BCUT2D eigenvalue weighted by Crippen LogP contribution is -1.95. The standard InChI is InChI=1S/C10H10ClN3/c11-7-3-4-9(8(12)6-7)14-10-2-1-5-13-10/h1-6,13-14H,12H2. The molecule has 0 fully saturated rings. The van der Waals surface area contributed by atoms with Crippen LogP contribution in [0.15, 0.2) is 36.5 Å². The van der Waals surface area contributed by atoms with Crippen LogP contribution in [0.3, 0.4) is 0 Å². The van der Waals surface area contributed by atoms with Crippen LogP contribution in [0.1, 0.15) is 0 Å². The molecule has 0 radical (unpaired) electrons. The molecule has 0 amide bonds. The maximum atomic E-state index is 5.78. The molecule has 2 rings (SSSR count). The molecule has 72 valence electrons. The van der Waals surface area contributed by atoms with Gasteiger partial charge in [-0.25, -0.2) is 0 Å². The molecular formula is C10H10ClN3. The van der Waals surface area contributed by atoms with E-state index in [1.807, 2.05) is 24.4 Å². The number of halogens is 1. The Kier molecular flexibility index (Phi) is 2.33. The van der Waals surface area contributed by atoms with E-state index in [2.05, 4.69) is 10.3 Å². The van der Waals surface area contributed by atoms with Crippen LogP contribution in [0.2, 0.25) is 5.02 Å². The Hall–Kier alpha value is -1.61. The summed E-state index contributed by atoms with van der Waals surface area (Å²) in [5.41, 5.74) is 7.25. The zero-order valence-electron chi connectivity index (χ0n) is 7.42. The summed E-state index contributed by atoms with van der Waals surface area (Å²) < 4.78 is 0. The van der Waals surface area contributed by atoms with Crippen molar-refractivity contribution in [3.63, 3.8) is 0 Å². The molecule has 2 aromatic rings. The highest BCUT2D eigenvalue weighted by atomic mass is 35.5. The predicted octanol–water partition coefficient (Wildman–Crippen LogP) is 2.99. The topological polar surface area (TPSA) is 53.8 Å². The Labute approximate surface area is 86.9 Å². The van der Waals surface area contributed by atoms with Crippen LogP contribution in [0, 0.1) is 0 Å². The molecule has 4 heteroatoms. The third-order valence-electron chi connectivity index (χ3n) is 1.88. The molecule has 0 saturated heterocycles. The number of H-pyrrole nitrogens is 1. The van der Waals surface area contributed by atoms with Crippen molar-refractivity contribution in [2.24, 2.45) is 0 Å². The Bertz CT molecular complexity index is 423. The van der Waals surface area contributed by atoms with Gasteiger partial charge in [-0.15, -0.1) is 0 Å². The minimum absolute atomic E-state index is 0.632. The first-order chi connectivity index (χ1) is 6.75. The molecule has 0 spiro atoms. The van der Waals surface area contributed by atoms with Gasteiger partial charge in [-0.1, -0.05) is 11.6 Å². The van der Waals surface area contributed by atoms with Gasteiger partial charge in [0.1, 0.15) is 5.82 Å². The molecule has 0 aliphatic heterocycles. The highest BCUT2D eigenvalue weighted by Gasteiger charge is 2.00. The maximum Gasteiger partial charge on any atom is 0.107 e. The lowest BCUT2D eigenvalue weighted by molar-refractivity contribution is 1.38. The van der Waals surface area contributed by atoms with Crippen molar-refractivity contribution in [3.8, 4) is 0 Å². The van der Waals surface area contributed by atoms with Crippen molar-refractivity contribution >= 4 is 28.8 Å². The first-order valence-electron chi connectivity index (χ1n) is 4.21. The summed E-state index contributed by atoms with van der Waals surface area (Å²) >= 11 is 5.78. The van der Waals surface area contributed by atoms with E-state index in [1.165, 1.54) is 0 Å². The second-order valence-electron chi connectivity index (χ2n) is 2.94. The molecule has 14 heavy (non-hydrogen) atoms. The third-order valence-corrected chi connectivity index (χ3v) is 2.12. The van der Waals surface area contributed by atoms with Crippen LogP contribution >= 0.6 is 11.6 Å². The van der Waals surface area contributed by atoms with Crippen molar-refractivity contribution in [2.45, 2.75) is 0 Å². The monoisotopic (exact) mass is 207 g/mol. The first kappa shape index (κ1) is 8.97. The first-order valence-corrected chi connectivity index (χ1v) is 4.59. The Morgan fingerprint density at radius 2 is 2.14 bits per heavy atom. The average Bonchev–Trinajstić information content (AvgIpc) is 2.62. The number of benzene rings is 1. The maximum absolute atomic E-state index is 5.78. The lowest BCUT2D eigenvalue weighted by Gasteiger charge is -2.07. The van der Waals surface area contributed by atoms with Gasteiger partial charge in [0.05, 0.1) is 11.4 Å². The van der Waals surface area contributed by atoms with E-state index in [4.69, 9.17) is 17.3 Å². The average molecular weight is 208 g/mol. The summed E-state index contributed by atoms with van der Waals surface area (Å²) in [7, 11) is 0. The van der Waals surface area contributed by atoms with E-state index < -0.39 is 0 Å². The third kappa shape index (κ3) is 1.83. The zero-order chi connectivity index (χ0) is 9.97. The number of aromatic nitrogens is 1. The number of hydrogen-bond donors (Lipinski definition) is 3. The zero-order valence-corrected chi connectivity index (χ0v) is 8.18. The quantitative estimate of drug-likeness (QED) is 0.664. The fourth-order valence-corrected chi connectivity index (χ4v) is 1.38. The van der Waals surface area contributed by atoms with Crippen LogP contribution in [0.25, 0.3) is 0 Å². The highest BCUT2D eigenvalue weighted by Crippen LogP contribution is 2.25. The van der Waals surface area contributed by atoms with Gasteiger partial charge in [-0.3, -0.25) is 0 Å². The molecule has 0 aliphatic carbocycles. The summed E-state index contributed by atoms with van der Waals surface area (Å²) in [6.07, 6.45) is 1.84. The van der Waals surface area contributed by atoms with Gasteiger partial charge >= 0.3 is 0 Å². The fourth-order valence-electron chi connectivity index (χ4n) is 1.20. The van der Waals surface area contributed by atoms with Crippen molar-refractivity contribution in [1.29, 1.82) is 0 Å². The largest absolute Gasteiger partial charge is 0.397 e. The Morgan fingerprint density at radius 3 is 2.79 bits per heavy atom. The minimum atomic E-state index is 0.632. The van der Waals surface area contributed by atoms with Crippen LogP contribution < -0.4 is 11.1 Å². The number of nitrogens with one attached hydrogen (secondary N) is 2. The summed E-state index contributed by atoms with van der Waals surface area (Å²) in [5.74, 6) is 0.902. The highest BCUT2D eigenvalue weighted by molar-refractivity contribution is 6.31. The summed E-state index contributed by atoms with van der Waals surface area (Å²) in [6.45, 7) is 0. The SMILES string of the molecule is Nc1cc(Cl)ccc1Nc1ccc[nH]1. The molecule has 0 bridgehead atoms. The van der Waals surface area contributed by atoms with Gasteiger partial charge in [0, 0.05) is 11.2 Å². The number of nitrogen functional groups attached to an aromatic ring is 1. The number of anilines is 3. The molecule has 0 saturated carbocycles. The summed E-state index contributed by atoms with van der Waals surface area (Å²) in [6, 6.07) is 9.19. The molecule has 3 nitrogen and oxygen atoms in total. The molecule has 1 aromatic carbocycles. The lowest BCUT2D eigenvalue weighted by atomic mass is 10.2. The molecule has 4 N–H and O–H groups in total. The Balaban J connectivity index is 2.25. The van der Waals surface area contributed by atoms with E-state index in [0.29, 0.717) is 10.7 Å². The van der Waals surface area contributed by atoms with E-state index in [1.54, 1.807) is 12.1 Å². The number of nitrogens with two attached hydrogens (primary N) is 1. The van der Waals surface area contributed by atoms with Gasteiger partial charge < -0.3 is 16.0 Å². The smallest absolute Gasteiger partial charge is 0.107 e. The van der Waals surface area contributed by atoms with Crippen molar-refractivity contribution in [1.82, 2.24) is 4.98 Å². The van der Waals surface area contributed by atoms with Crippen molar-refractivity contribution < 1.29 is 0 Å². The van der Waals surface area contributed by atoms with E-state index in [9.17, 15) is 0 Å². The van der Waals surface area contributed by atoms with Crippen molar-refractivity contribution in [2.75, 3.05) is 11.1 Å². The van der Waals surface area contributed by atoms with Crippen LogP contribution in [-0.2, 0) is 0 Å². The van der Waals surface area contributed by atoms with Crippen molar-refractivity contribution in [3.05, 3.63) is 41.6 Å². The second kappa shape index (κ2) is 3.64. The van der Waals surface area contributed by atoms with E-state index in [-0.39, 0.29) is 0 Å². The predicted molar refractivity (Wildman–Crippen MR) is 59.9 cm³/mol. The van der Waals surface area contributed by atoms with E-state index in [0.717, 1.165) is 11.5 Å². The molecular weight excluding hydrogens is 198 g/mol. The molecule has 0 unspecified atom stereocenters. The van der Waals surface area contributed by atoms with Crippen LogP contribution in [0.5, 0.6) is 0 Å². The van der Waals surface area contributed by atoms with Crippen LogP contribution in [-0.4, -0.2) is 4.98 Å². The minimum Gasteiger partial charge on any atom is -0.397 e. The van der Waals surface area contributed by atoms with Gasteiger partial charge in [0.25, 0.3) is 0 Å². The molecule has 1 heterocycles.